The Balaban J connectivity index is 2.82. The molecule has 0 saturated carbocycles. The number of nitrogens with two attached hydrogens (primary N) is 1. The van der Waals surface area contributed by atoms with E-state index in [1.54, 1.807) is 6.20 Å². The van der Waals surface area contributed by atoms with Crippen LogP contribution in [0, 0.1) is 6.92 Å². The highest BCUT2D eigenvalue weighted by Crippen LogP contribution is 2.25. The van der Waals surface area contributed by atoms with Crippen molar-refractivity contribution in [3.05, 3.63) is 16.8 Å². The molecular formula is C8H9N3OS. The van der Waals surface area contributed by atoms with Gasteiger partial charge in [-0.2, -0.15) is 0 Å². The number of hydrogen-bond donors (Lipinski definition) is 2. The quantitative estimate of drug-likeness (QED) is 0.714. The van der Waals surface area contributed by atoms with Crippen molar-refractivity contribution in [3.63, 3.8) is 0 Å². The number of aliphatic hydroxyl groups excluding tert-OH is 1. The molecule has 3 N–H and O–H groups in total. The van der Waals surface area contributed by atoms with Gasteiger partial charge >= 0.3 is 0 Å². The van der Waals surface area contributed by atoms with E-state index >= 15 is 0 Å². The molecule has 0 radical (unpaired) electrons. The van der Waals surface area contributed by atoms with Crippen LogP contribution in [0.5, 0.6) is 0 Å². The summed E-state index contributed by atoms with van der Waals surface area (Å²) in [5, 5.41) is 10.0. The lowest BCUT2D eigenvalue weighted by molar-refractivity contribution is 0.284. The van der Waals surface area contributed by atoms with E-state index in [-0.39, 0.29) is 6.61 Å². The van der Waals surface area contributed by atoms with Gasteiger partial charge in [-0.05, 0) is 6.92 Å². The zero-order valence-electron chi connectivity index (χ0n) is 7.11. The van der Waals surface area contributed by atoms with Crippen molar-refractivity contribution in [2.45, 2.75) is 13.5 Å². The SMILES string of the molecule is Cc1nc2c(CO)c(N)cnc2s1. The third kappa shape index (κ3) is 1.26. The van der Waals surface area contributed by atoms with Gasteiger partial charge in [-0.25, -0.2) is 9.97 Å². The Kier molecular flexibility index (Phi) is 1.90. The number of aromatic nitrogens is 2. The van der Waals surface area contributed by atoms with Crippen LogP contribution >= 0.6 is 11.3 Å². The predicted octanol–water partition coefficient (Wildman–Crippen LogP) is 1.07. The molecule has 4 nitrogen and oxygen atoms in total. The fourth-order valence-corrected chi connectivity index (χ4v) is 2.00. The van der Waals surface area contributed by atoms with Crippen LogP contribution in [0.15, 0.2) is 6.20 Å². The maximum absolute atomic E-state index is 9.08. The molecule has 0 atom stereocenters. The minimum absolute atomic E-state index is 0.0893. The molecule has 68 valence electrons. The van der Waals surface area contributed by atoms with Crippen LogP contribution in [0.4, 0.5) is 5.69 Å². The van der Waals surface area contributed by atoms with Crippen LogP contribution in [0.25, 0.3) is 10.3 Å². The number of pyridine rings is 1. The fraction of sp³-hybridized carbons (Fsp3) is 0.250. The van der Waals surface area contributed by atoms with Gasteiger partial charge < -0.3 is 10.8 Å². The highest BCUT2D eigenvalue weighted by atomic mass is 32.1. The number of aryl methyl sites for hydroxylation is 1. The molecular weight excluding hydrogens is 186 g/mol. The Morgan fingerprint density at radius 2 is 2.38 bits per heavy atom. The van der Waals surface area contributed by atoms with Crippen molar-refractivity contribution in [1.82, 2.24) is 9.97 Å². The first-order chi connectivity index (χ1) is 6.22. The summed E-state index contributed by atoms with van der Waals surface area (Å²) in [6.07, 6.45) is 1.56. The van der Waals surface area contributed by atoms with E-state index in [9.17, 15) is 0 Å². The second kappa shape index (κ2) is 2.93. The standard InChI is InChI=1S/C8H9N3OS/c1-4-11-7-5(3-12)6(9)2-10-8(7)13-4/h2,12H,3,9H2,1H3. The first-order valence-corrected chi connectivity index (χ1v) is 4.65. The molecule has 0 aliphatic heterocycles. The zero-order valence-corrected chi connectivity index (χ0v) is 7.93. The third-order valence-corrected chi connectivity index (χ3v) is 2.71. The Hall–Kier alpha value is -1.20. The molecule has 2 heterocycles. The van der Waals surface area contributed by atoms with Crippen molar-refractivity contribution < 1.29 is 5.11 Å². The molecule has 0 spiro atoms. The van der Waals surface area contributed by atoms with Crippen LogP contribution in [0.2, 0.25) is 0 Å². The summed E-state index contributed by atoms with van der Waals surface area (Å²) in [4.78, 5) is 9.22. The first kappa shape index (κ1) is 8.40. The molecule has 0 aliphatic rings. The van der Waals surface area contributed by atoms with E-state index in [0.29, 0.717) is 11.3 Å². The molecule has 0 amide bonds. The van der Waals surface area contributed by atoms with Crippen molar-refractivity contribution in [3.8, 4) is 0 Å². The molecule has 2 aromatic rings. The normalized spacial score (nSPS) is 10.9. The summed E-state index contributed by atoms with van der Waals surface area (Å²) in [6, 6.07) is 0. The molecule has 0 fully saturated rings. The Labute approximate surface area is 79.1 Å². The topological polar surface area (TPSA) is 72.0 Å². The van der Waals surface area contributed by atoms with Gasteiger partial charge in [0.05, 0.1) is 23.5 Å². The molecule has 2 rings (SSSR count). The average Bonchev–Trinajstić information content (AvgIpc) is 2.45. The molecule has 2 aromatic heterocycles. The first-order valence-electron chi connectivity index (χ1n) is 3.83. The summed E-state index contributed by atoms with van der Waals surface area (Å²) < 4.78 is 0. The maximum Gasteiger partial charge on any atom is 0.143 e. The van der Waals surface area contributed by atoms with Crippen LogP contribution in [0.1, 0.15) is 10.6 Å². The second-order valence-corrected chi connectivity index (χ2v) is 3.92. The van der Waals surface area contributed by atoms with Crippen LogP contribution in [-0.2, 0) is 6.61 Å². The Morgan fingerprint density at radius 1 is 1.62 bits per heavy atom. The number of nitrogen functional groups attached to an aromatic ring is 1. The summed E-state index contributed by atoms with van der Waals surface area (Å²) in [7, 11) is 0. The largest absolute Gasteiger partial charge is 0.397 e. The monoisotopic (exact) mass is 195 g/mol. The van der Waals surface area contributed by atoms with Crippen molar-refractivity contribution in [2.24, 2.45) is 0 Å². The number of fused-ring (bicyclic) bond motifs is 1. The lowest BCUT2D eigenvalue weighted by Crippen LogP contribution is -1.96. The van der Waals surface area contributed by atoms with Gasteiger partial charge in [0.1, 0.15) is 10.3 Å². The van der Waals surface area contributed by atoms with Gasteiger partial charge in [0.2, 0.25) is 0 Å². The van der Waals surface area contributed by atoms with E-state index in [4.69, 9.17) is 10.8 Å². The van der Waals surface area contributed by atoms with Gasteiger partial charge in [-0.15, -0.1) is 0 Å². The van der Waals surface area contributed by atoms with Crippen LogP contribution in [-0.4, -0.2) is 15.1 Å². The highest BCUT2D eigenvalue weighted by molar-refractivity contribution is 7.18. The summed E-state index contributed by atoms with van der Waals surface area (Å²) >= 11 is 1.50. The lowest BCUT2D eigenvalue weighted by Gasteiger charge is -2.00. The Morgan fingerprint density at radius 3 is 3.08 bits per heavy atom. The molecule has 13 heavy (non-hydrogen) atoms. The second-order valence-electron chi connectivity index (χ2n) is 2.74. The van der Waals surface area contributed by atoms with Gasteiger partial charge in [-0.3, -0.25) is 0 Å². The minimum atomic E-state index is -0.0893. The van der Waals surface area contributed by atoms with E-state index in [2.05, 4.69) is 9.97 Å². The maximum atomic E-state index is 9.08. The van der Waals surface area contributed by atoms with E-state index in [1.807, 2.05) is 6.92 Å². The van der Waals surface area contributed by atoms with Gasteiger partial charge in [0.15, 0.2) is 0 Å². The fourth-order valence-electron chi connectivity index (χ4n) is 1.21. The number of anilines is 1. The van der Waals surface area contributed by atoms with Crippen LogP contribution in [0.3, 0.4) is 0 Å². The number of nitrogens with zero attached hydrogens (tertiary/aromatic N) is 2. The summed E-state index contributed by atoms with van der Waals surface area (Å²) in [5.74, 6) is 0. The number of hydrogen-bond acceptors (Lipinski definition) is 5. The highest BCUT2D eigenvalue weighted by Gasteiger charge is 2.09. The summed E-state index contributed by atoms with van der Waals surface area (Å²) in [6.45, 7) is 1.82. The van der Waals surface area contributed by atoms with E-state index < -0.39 is 0 Å². The number of thiazole rings is 1. The van der Waals surface area contributed by atoms with Crippen molar-refractivity contribution in [2.75, 3.05) is 5.73 Å². The molecule has 0 bridgehead atoms. The molecule has 5 heteroatoms. The van der Waals surface area contributed by atoms with Crippen molar-refractivity contribution >= 4 is 27.4 Å². The van der Waals surface area contributed by atoms with Gasteiger partial charge in [0, 0.05) is 5.56 Å². The van der Waals surface area contributed by atoms with Crippen molar-refractivity contribution in [1.29, 1.82) is 0 Å². The average molecular weight is 195 g/mol. The zero-order chi connectivity index (χ0) is 9.42. The number of aliphatic hydroxyl groups is 1. The summed E-state index contributed by atoms with van der Waals surface area (Å²) in [5.41, 5.74) is 7.55. The molecule has 0 aromatic carbocycles. The van der Waals surface area contributed by atoms with E-state index in [1.165, 1.54) is 11.3 Å². The molecule has 0 saturated heterocycles. The smallest absolute Gasteiger partial charge is 0.143 e. The lowest BCUT2D eigenvalue weighted by atomic mass is 10.2. The van der Waals surface area contributed by atoms with E-state index in [0.717, 1.165) is 15.4 Å². The predicted molar refractivity (Wildman–Crippen MR) is 52.5 cm³/mol. The van der Waals surface area contributed by atoms with Gasteiger partial charge in [-0.1, -0.05) is 11.3 Å². The minimum Gasteiger partial charge on any atom is -0.397 e. The Bertz CT molecular complexity index is 452. The van der Waals surface area contributed by atoms with Crippen LogP contribution < -0.4 is 5.73 Å². The van der Waals surface area contributed by atoms with Gasteiger partial charge in [0.25, 0.3) is 0 Å². The third-order valence-electron chi connectivity index (χ3n) is 1.83. The molecule has 0 aliphatic carbocycles. The molecule has 0 unspecified atom stereocenters. The number of rotatable bonds is 1.